The maximum Gasteiger partial charge on any atom is 0.335 e. The number of hydrogen-bond donors (Lipinski definition) is 2. The summed E-state index contributed by atoms with van der Waals surface area (Å²) in [7, 11) is 0. The lowest BCUT2D eigenvalue weighted by Crippen LogP contribution is -2.13. The van der Waals surface area contributed by atoms with Crippen molar-refractivity contribution in [2.45, 2.75) is 6.92 Å². The summed E-state index contributed by atoms with van der Waals surface area (Å²) in [6.07, 6.45) is 0. The molecule has 0 aliphatic rings. The number of aryl methyl sites for hydroxylation is 1. The van der Waals surface area contributed by atoms with Gasteiger partial charge in [-0.3, -0.25) is 4.79 Å². The second-order valence-corrected chi connectivity index (χ2v) is 5.70. The van der Waals surface area contributed by atoms with Gasteiger partial charge in [0.25, 0.3) is 5.91 Å². The van der Waals surface area contributed by atoms with Crippen molar-refractivity contribution in [2.24, 2.45) is 0 Å². The van der Waals surface area contributed by atoms with Crippen LogP contribution in [-0.4, -0.2) is 17.0 Å². The van der Waals surface area contributed by atoms with Gasteiger partial charge in [0.15, 0.2) is 0 Å². The van der Waals surface area contributed by atoms with Gasteiger partial charge in [0.1, 0.15) is 0 Å². The average molecular weight is 369 g/mol. The Balaban J connectivity index is 2.25. The molecule has 0 spiro atoms. The van der Waals surface area contributed by atoms with Crippen LogP contribution in [0.2, 0.25) is 5.02 Å². The Hall–Kier alpha value is -1.85. The van der Waals surface area contributed by atoms with Gasteiger partial charge in [0.2, 0.25) is 0 Å². The lowest BCUT2D eigenvalue weighted by atomic mass is 10.1. The van der Waals surface area contributed by atoms with E-state index < -0.39 is 5.97 Å². The van der Waals surface area contributed by atoms with E-state index in [1.54, 1.807) is 6.07 Å². The molecule has 108 valence electrons. The van der Waals surface area contributed by atoms with E-state index in [4.69, 9.17) is 16.7 Å². The van der Waals surface area contributed by atoms with Gasteiger partial charge in [-0.2, -0.15) is 0 Å². The predicted octanol–water partition coefficient (Wildman–Crippen LogP) is 4.36. The first-order valence-electron chi connectivity index (χ1n) is 5.99. The van der Waals surface area contributed by atoms with E-state index in [1.165, 1.54) is 18.2 Å². The van der Waals surface area contributed by atoms with Gasteiger partial charge in [-0.1, -0.05) is 17.7 Å². The number of rotatable bonds is 3. The third-order valence-corrected chi connectivity index (χ3v) is 3.80. The van der Waals surface area contributed by atoms with Crippen molar-refractivity contribution in [3.05, 3.63) is 62.6 Å². The Kier molecular flexibility index (Phi) is 4.65. The van der Waals surface area contributed by atoms with Crippen LogP contribution in [0.15, 0.2) is 40.9 Å². The fourth-order valence-electron chi connectivity index (χ4n) is 1.74. The molecule has 4 nitrogen and oxygen atoms in total. The molecule has 0 saturated carbocycles. The number of carboxylic acid groups (broad SMARTS) is 1. The largest absolute Gasteiger partial charge is 0.478 e. The van der Waals surface area contributed by atoms with E-state index in [9.17, 15) is 9.59 Å². The Labute approximate surface area is 134 Å². The normalized spacial score (nSPS) is 10.2. The molecule has 2 N–H and O–H groups in total. The summed E-state index contributed by atoms with van der Waals surface area (Å²) in [5.74, 6) is -1.40. The zero-order chi connectivity index (χ0) is 15.6. The third-order valence-electron chi connectivity index (χ3n) is 2.83. The molecule has 2 aromatic carbocycles. The zero-order valence-corrected chi connectivity index (χ0v) is 13.3. The first kappa shape index (κ1) is 15.5. The molecule has 2 aromatic rings. The van der Waals surface area contributed by atoms with Crippen molar-refractivity contribution < 1.29 is 14.7 Å². The summed E-state index contributed by atoms with van der Waals surface area (Å²) in [6.45, 7) is 1.92. The number of nitrogens with one attached hydrogen (secondary N) is 1. The highest BCUT2D eigenvalue weighted by atomic mass is 79.9. The molecule has 0 aliphatic carbocycles. The van der Waals surface area contributed by atoms with E-state index in [0.717, 1.165) is 5.56 Å². The number of carbonyl (C=O) groups excluding carboxylic acids is 1. The van der Waals surface area contributed by atoms with Crippen LogP contribution in [0, 0.1) is 6.92 Å². The van der Waals surface area contributed by atoms with Gasteiger partial charge in [0, 0.05) is 4.47 Å². The molecule has 0 atom stereocenters. The number of anilines is 1. The van der Waals surface area contributed by atoms with Crippen molar-refractivity contribution >= 4 is 45.1 Å². The molecular weight excluding hydrogens is 358 g/mol. The topological polar surface area (TPSA) is 66.4 Å². The molecule has 0 unspecified atom stereocenters. The van der Waals surface area contributed by atoms with E-state index >= 15 is 0 Å². The Morgan fingerprint density at radius 1 is 1.19 bits per heavy atom. The second-order valence-electron chi connectivity index (χ2n) is 4.44. The summed E-state index contributed by atoms with van der Waals surface area (Å²) in [4.78, 5) is 23.0. The number of hydrogen-bond acceptors (Lipinski definition) is 2. The van der Waals surface area contributed by atoms with E-state index in [1.807, 2.05) is 19.1 Å². The summed E-state index contributed by atoms with van der Waals surface area (Å²) >= 11 is 9.32. The van der Waals surface area contributed by atoms with Crippen LogP contribution in [0.25, 0.3) is 0 Å². The van der Waals surface area contributed by atoms with E-state index in [-0.39, 0.29) is 16.5 Å². The van der Waals surface area contributed by atoms with Gasteiger partial charge in [0.05, 0.1) is 21.8 Å². The highest BCUT2D eigenvalue weighted by Crippen LogP contribution is 2.25. The fourth-order valence-corrected chi connectivity index (χ4v) is 2.64. The molecule has 0 fully saturated rings. The molecule has 21 heavy (non-hydrogen) atoms. The summed E-state index contributed by atoms with van der Waals surface area (Å²) in [5, 5.41) is 11.7. The van der Waals surface area contributed by atoms with Crippen molar-refractivity contribution in [2.75, 3.05) is 5.32 Å². The molecule has 0 radical (unpaired) electrons. The number of halogens is 2. The molecule has 0 heterocycles. The van der Waals surface area contributed by atoms with Crippen LogP contribution < -0.4 is 5.32 Å². The molecule has 0 bridgehead atoms. The fraction of sp³-hybridized carbons (Fsp3) is 0.0667. The van der Waals surface area contributed by atoms with Crippen LogP contribution >= 0.6 is 27.5 Å². The van der Waals surface area contributed by atoms with Gasteiger partial charge in [-0.25, -0.2) is 4.79 Å². The van der Waals surface area contributed by atoms with Crippen LogP contribution in [0.3, 0.4) is 0 Å². The lowest BCUT2D eigenvalue weighted by molar-refractivity contribution is 0.0696. The molecule has 0 aromatic heterocycles. The molecule has 6 heteroatoms. The quantitative estimate of drug-likeness (QED) is 0.846. The van der Waals surface area contributed by atoms with Gasteiger partial charge >= 0.3 is 5.97 Å². The zero-order valence-electron chi connectivity index (χ0n) is 11.0. The number of amides is 1. The van der Waals surface area contributed by atoms with Crippen molar-refractivity contribution in [3.63, 3.8) is 0 Å². The SMILES string of the molecule is Cc1ccc(C(=O)Nc2ccc(C(=O)O)cc2Cl)c(Br)c1. The average Bonchev–Trinajstić information content (AvgIpc) is 2.40. The number of benzene rings is 2. The standard InChI is InChI=1S/C15H11BrClNO3/c1-8-2-4-10(11(16)6-8)14(19)18-13-5-3-9(15(20)21)7-12(13)17/h2-7H,1H3,(H,18,19)(H,20,21). The van der Waals surface area contributed by atoms with E-state index in [0.29, 0.717) is 15.7 Å². The summed E-state index contributed by atoms with van der Waals surface area (Å²) in [6, 6.07) is 9.51. The van der Waals surface area contributed by atoms with Crippen LogP contribution in [0.4, 0.5) is 5.69 Å². The summed E-state index contributed by atoms with van der Waals surface area (Å²) < 4.78 is 0.679. The molecule has 2 rings (SSSR count). The Bertz CT molecular complexity index is 731. The molecule has 1 amide bonds. The first-order chi connectivity index (χ1) is 9.88. The summed E-state index contributed by atoms with van der Waals surface area (Å²) in [5.41, 5.74) is 1.93. The smallest absolute Gasteiger partial charge is 0.335 e. The maximum atomic E-state index is 12.2. The van der Waals surface area contributed by atoms with Crippen molar-refractivity contribution in [1.82, 2.24) is 0 Å². The minimum Gasteiger partial charge on any atom is -0.478 e. The van der Waals surface area contributed by atoms with Crippen molar-refractivity contribution in [3.8, 4) is 0 Å². The molecule has 0 saturated heterocycles. The highest BCUT2D eigenvalue weighted by Gasteiger charge is 2.13. The minimum atomic E-state index is -1.07. The van der Waals surface area contributed by atoms with Crippen LogP contribution in [0.1, 0.15) is 26.3 Å². The van der Waals surface area contributed by atoms with Gasteiger partial charge in [-0.05, 0) is 58.7 Å². The molecular formula is C15H11BrClNO3. The number of aromatic carboxylic acids is 1. The van der Waals surface area contributed by atoms with Crippen LogP contribution in [0.5, 0.6) is 0 Å². The maximum absolute atomic E-state index is 12.2. The first-order valence-corrected chi connectivity index (χ1v) is 7.16. The number of carbonyl (C=O) groups is 2. The van der Waals surface area contributed by atoms with Gasteiger partial charge < -0.3 is 10.4 Å². The van der Waals surface area contributed by atoms with E-state index in [2.05, 4.69) is 21.2 Å². The Morgan fingerprint density at radius 3 is 2.48 bits per heavy atom. The van der Waals surface area contributed by atoms with Gasteiger partial charge in [-0.15, -0.1) is 0 Å². The third kappa shape index (κ3) is 3.62. The molecule has 0 aliphatic heterocycles. The van der Waals surface area contributed by atoms with Crippen LogP contribution in [-0.2, 0) is 0 Å². The monoisotopic (exact) mass is 367 g/mol. The number of carboxylic acids is 1. The predicted molar refractivity (Wildman–Crippen MR) is 85.2 cm³/mol. The van der Waals surface area contributed by atoms with Crippen molar-refractivity contribution in [1.29, 1.82) is 0 Å². The minimum absolute atomic E-state index is 0.0644. The Morgan fingerprint density at radius 2 is 1.90 bits per heavy atom. The lowest BCUT2D eigenvalue weighted by Gasteiger charge is -2.09. The highest BCUT2D eigenvalue weighted by molar-refractivity contribution is 9.10. The second kappa shape index (κ2) is 6.28.